The maximum atomic E-state index is 3.45. The zero-order valence-electron chi connectivity index (χ0n) is 12.5. The summed E-state index contributed by atoms with van der Waals surface area (Å²) < 4.78 is 0. The lowest BCUT2D eigenvalue weighted by Crippen LogP contribution is -2.50. The van der Waals surface area contributed by atoms with Crippen molar-refractivity contribution in [2.45, 2.75) is 77.4 Å². The largest absolute Gasteiger partial charge is 0.315 e. The maximum absolute atomic E-state index is 3.45. The Labute approximate surface area is 108 Å². The zero-order valence-corrected chi connectivity index (χ0v) is 12.5. The second-order valence-electron chi connectivity index (χ2n) is 5.79. The Kier molecular flexibility index (Phi) is 6.50. The highest BCUT2D eigenvalue weighted by atomic mass is 15.2. The van der Waals surface area contributed by atoms with Gasteiger partial charge in [0.2, 0.25) is 0 Å². The van der Waals surface area contributed by atoms with Crippen LogP contribution in [0.5, 0.6) is 0 Å². The van der Waals surface area contributed by atoms with Gasteiger partial charge < -0.3 is 5.32 Å². The fraction of sp³-hybridized carbons (Fsp3) is 1.00. The van der Waals surface area contributed by atoms with Crippen molar-refractivity contribution in [2.75, 3.05) is 14.1 Å². The standard InChI is InChI=1S/C15H32N2/c1-6-13-8-10-14(11-9-13)17(5)12(3)15(7-2)16-4/h12-16H,6-11H2,1-5H3. The van der Waals surface area contributed by atoms with E-state index in [1.165, 1.54) is 38.5 Å². The molecule has 0 bridgehead atoms. The highest BCUT2D eigenvalue weighted by Crippen LogP contribution is 2.30. The van der Waals surface area contributed by atoms with Gasteiger partial charge >= 0.3 is 0 Å². The molecule has 0 aliphatic heterocycles. The van der Waals surface area contributed by atoms with E-state index in [9.17, 15) is 0 Å². The predicted molar refractivity (Wildman–Crippen MR) is 76.4 cm³/mol. The maximum Gasteiger partial charge on any atom is 0.0220 e. The first-order valence-electron chi connectivity index (χ1n) is 7.53. The van der Waals surface area contributed by atoms with Crippen LogP contribution in [0, 0.1) is 5.92 Å². The minimum absolute atomic E-state index is 0.629. The van der Waals surface area contributed by atoms with E-state index >= 15 is 0 Å². The molecule has 2 heteroatoms. The Morgan fingerprint density at radius 3 is 2.18 bits per heavy atom. The monoisotopic (exact) mass is 240 g/mol. The van der Waals surface area contributed by atoms with Gasteiger partial charge in [-0.15, -0.1) is 0 Å². The molecule has 0 amide bonds. The number of nitrogens with one attached hydrogen (secondary N) is 1. The van der Waals surface area contributed by atoms with Gasteiger partial charge in [-0.1, -0.05) is 20.3 Å². The molecule has 1 fully saturated rings. The van der Waals surface area contributed by atoms with Crippen molar-refractivity contribution >= 4 is 0 Å². The molecule has 1 N–H and O–H groups in total. The van der Waals surface area contributed by atoms with Gasteiger partial charge in [-0.05, 0) is 59.0 Å². The van der Waals surface area contributed by atoms with Gasteiger partial charge in [-0.2, -0.15) is 0 Å². The highest BCUT2D eigenvalue weighted by molar-refractivity contribution is 4.85. The van der Waals surface area contributed by atoms with Crippen molar-refractivity contribution in [3.8, 4) is 0 Å². The number of rotatable bonds is 6. The second kappa shape index (κ2) is 7.38. The Balaban J connectivity index is 2.44. The molecule has 1 saturated carbocycles. The van der Waals surface area contributed by atoms with Crippen molar-refractivity contribution in [3.63, 3.8) is 0 Å². The van der Waals surface area contributed by atoms with Crippen molar-refractivity contribution in [1.29, 1.82) is 0 Å². The molecule has 17 heavy (non-hydrogen) atoms. The number of hydrogen-bond donors (Lipinski definition) is 1. The lowest BCUT2D eigenvalue weighted by Gasteiger charge is -2.40. The SMILES string of the molecule is CCC1CCC(N(C)C(C)C(CC)NC)CC1. The third-order valence-corrected chi connectivity index (χ3v) is 5.00. The van der Waals surface area contributed by atoms with Crippen molar-refractivity contribution < 1.29 is 0 Å². The normalized spacial score (nSPS) is 29.3. The first kappa shape index (κ1) is 15.0. The topological polar surface area (TPSA) is 15.3 Å². The third kappa shape index (κ3) is 3.96. The molecular formula is C15H32N2. The van der Waals surface area contributed by atoms with Gasteiger partial charge in [0.25, 0.3) is 0 Å². The third-order valence-electron chi connectivity index (χ3n) is 5.00. The number of nitrogens with zero attached hydrogens (tertiary/aromatic N) is 1. The minimum atomic E-state index is 0.629. The molecule has 0 spiro atoms. The summed E-state index contributed by atoms with van der Waals surface area (Å²) in [5.41, 5.74) is 0. The van der Waals surface area contributed by atoms with Crippen LogP contribution in [0.3, 0.4) is 0 Å². The summed E-state index contributed by atoms with van der Waals surface area (Å²) in [5.74, 6) is 1.00. The van der Waals surface area contributed by atoms with Crippen LogP contribution in [0.25, 0.3) is 0 Å². The van der Waals surface area contributed by atoms with Gasteiger partial charge in [-0.3, -0.25) is 4.90 Å². The first-order chi connectivity index (χ1) is 8.13. The molecule has 2 atom stereocenters. The molecule has 1 aliphatic carbocycles. The van der Waals surface area contributed by atoms with Crippen LogP contribution in [0.2, 0.25) is 0 Å². The Morgan fingerprint density at radius 2 is 1.76 bits per heavy atom. The molecule has 1 rings (SSSR count). The lowest BCUT2D eigenvalue weighted by molar-refractivity contribution is 0.106. The summed E-state index contributed by atoms with van der Waals surface area (Å²) in [5, 5.41) is 3.45. The molecule has 0 aromatic carbocycles. The zero-order chi connectivity index (χ0) is 12.8. The van der Waals surface area contributed by atoms with Crippen LogP contribution in [0.1, 0.15) is 59.3 Å². The second-order valence-corrected chi connectivity index (χ2v) is 5.79. The van der Waals surface area contributed by atoms with Crippen LogP contribution in [-0.4, -0.2) is 37.1 Å². The van der Waals surface area contributed by atoms with Gasteiger partial charge in [-0.25, -0.2) is 0 Å². The van der Waals surface area contributed by atoms with Crippen LogP contribution < -0.4 is 5.32 Å². The Bertz CT molecular complexity index is 193. The average Bonchev–Trinajstić information content (AvgIpc) is 2.39. The van der Waals surface area contributed by atoms with Gasteiger partial charge in [0.1, 0.15) is 0 Å². The van der Waals surface area contributed by atoms with Crippen LogP contribution in [0.15, 0.2) is 0 Å². The summed E-state index contributed by atoms with van der Waals surface area (Å²) in [6.45, 7) is 6.99. The summed E-state index contributed by atoms with van der Waals surface area (Å²) in [4.78, 5) is 2.62. The Hall–Kier alpha value is -0.0800. The highest BCUT2D eigenvalue weighted by Gasteiger charge is 2.27. The molecule has 0 aromatic heterocycles. The van der Waals surface area contributed by atoms with E-state index in [4.69, 9.17) is 0 Å². The molecule has 1 aliphatic rings. The van der Waals surface area contributed by atoms with E-state index in [0.29, 0.717) is 12.1 Å². The summed E-state index contributed by atoms with van der Waals surface area (Å²) in [7, 11) is 4.41. The van der Waals surface area contributed by atoms with Crippen LogP contribution in [-0.2, 0) is 0 Å². The Morgan fingerprint density at radius 1 is 1.18 bits per heavy atom. The predicted octanol–water partition coefficient (Wildman–Crippen LogP) is 3.27. The fourth-order valence-electron chi connectivity index (χ4n) is 3.36. The quantitative estimate of drug-likeness (QED) is 0.766. The smallest absolute Gasteiger partial charge is 0.0220 e. The molecule has 102 valence electrons. The van der Waals surface area contributed by atoms with E-state index in [1.807, 2.05) is 0 Å². The summed E-state index contributed by atoms with van der Waals surface area (Å²) in [6.07, 6.45) is 8.27. The number of likely N-dealkylation sites (N-methyl/N-ethyl adjacent to an activating group) is 2. The lowest BCUT2D eigenvalue weighted by atomic mass is 9.83. The molecule has 0 radical (unpaired) electrons. The van der Waals surface area contributed by atoms with Crippen molar-refractivity contribution in [3.05, 3.63) is 0 Å². The molecule has 2 nitrogen and oxygen atoms in total. The van der Waals surface area contributed by atoms with E-state index in [2.05, 4.69) is 45.1 Å². The van der Waals surface area contributed by atoms with E-state index in [0.717, 1.165) is 12.0 Å². The van der Waals surface area contributed by atoms with E-state index in [1.54, 1.807) is 0 Å². The van der Waals surface area contributed by atoms with Crippen molar-refractivity contribution in [2.24, 2.45) is 5.92 Å². The van der Waals surface area contributed by atoms with E-state index in [-0.39, 0.29) is 0 Å². The molecule has 0 saturated heterocycles. The fourth-order valence-corrected chi connectivity index (χ4v) is 3.36. The van der Waals surface area contributed by atoms with Crippen LogP contribution >= 0.6 is 0 Å². The van der Waals surface area contributed by atoms with Gasteiger partial charge in [0.05, 0.1) is 0 Å². The number of hydrogen-bond acceptors (Lipinski definition) is 2. The summed E-state index contributed by atoms with van der Waals surface area (Å²) in [6, 6.07) is 2.09. The molecular weight excluding hydrogens is 208 g/mol. The first-order valence-corrected chi connectivity index (χ1v) is 7.53. The van der Waals surface area contributed by atoms with Gasteiger partial charge in [0, 0.05) is 18.1 Å². The molecule has 0 aromatic rings. The van der Waals surface area contributed by atoms with Crippen molar-refractivity contribution in [1.82, 2.24) is 10.2 Å². The average molecular weight is 240 g/mol. The summed E-state index contributed by atoms with van der Waals surface area (Å²) >= 11 is 0. The van der Waals surface area contributed by atoms with E-state index < -0.39 is 0 Å². The minimum Gasteiger partial charge on any atom is -0.315 e. The molecule has 0 heterocycles. The van der Waals surface area contributed by atoms with Gasteiger partial charge in [0.15, 0.2) is 0 Å². The van der Waals surface area contributed by atoms with Crippen LogP contribution in [0.4, 0.5) is 0 Å². The molecule has 2 unspecified atom stereocenters.